The SMILES string of the molecule is Cc1cccc(-n2nc(CC(=O)Nc3ccc(S(C)=O)cc3)cc2-c2ccc3ncsc3c2)n1. The van der Waals surface area contributed by atoms with E-state index in [1.165, 1.54) is 0 Å². The first-order chi connectivity index (χ1) is 16.5. The number of benzene rings is 2. The third-order valence-corrected chi connectivity index (χ3v) is 7.02. The van der Waals surface area contributed by atoms with Gasteiger partial charge in [0.15, 0.2) is 5.82 Å². The number of hydrogen-bond acceptors (Lipinski definition) is 6. The fourth-order valence-electron chi connectivity index (χ4n) is 3.66. The number of nitrogens with one attached hydrogen (secondary N) is 1. The van der Waals surface area contributed by atoms with Gasteiger partial charge in [0.1, 0.15) is 0 Å². The predicted molar refractivity (Wildman–Crippen MR) is 136 cm³/mol. The zero-order valence-electron chi connectivity index (χ0n) is 18.6. The summed E-state index contributed by atoms with van der Waals surface area (Å²) in [5.41, 5.74) is 6.77. The van der Waals surface area contributed by atoms with Gasteiger partial charge in [0.25, 0.3) is 0 Å². The van der Waals surface area contributed by atoms with Crippen molar-refractivity contribution in [3.8, 4) is 17.1 Å². The summed E-state index contributed by atoms with van der Waals surface area (Å²) in [7, 11) is -1.06. The number of rotatable bonds is 6. The Hall–Kier alpha value is -3.69. The van der Waals surface area contributed by atoms with Crippen LogP contribution in [-0.2, 0) is 22.0 Å². The van der Waals surface area contributed by atoms with Gasteiger partial charge in [-0.05, 0) is 61.5 Å². The van der Waals surface area contributed by atoms with E-state index >= 15 is 0 Å². The van der Waals surface area contributed by atoms with Crippen LogP contribution in [-0.4, -0.2) is 36.1 Å². The van der Waals surface area contributed by atoms with Gasteiger partial charge < -0.3 is 5.32 Å². The van der Waals surface area contributed by atoms with E-state index in [-0.39, 0.29) is 12.3 Å². The molecular weight excluding hydrogens is 466 g/mol. The third-order valence-electron chi connectivity index (χ3n) is 5.29. The first-order valence-corrected chi connectivity index (χ1v) is 13.0. The van der Waals surface area contributed by atoms with Crippen LogP contribution in [0.4, 0.5) is 5.69 Å². The smallest absolute Gasteiger partial charge is 0.230 e. The van der Waals surface area contributed by atoms with Crippen molar-refractivity contribution in [1.82, 2.24) is 19.7 Å². The summed E-state index contributed by atoms with van der Waals surface area (Å²) in [6.07, 6.45) is 1.73. The highest BCUT2D eigenvalue weighted by atomic mass is 32.2. The van der Waals surface area contributed by atoms with E-state index in [1.54, 1.807) is 46.5 Å². The number of aryl methyl sites for hydroxylation is 1. The molecule has 1 N–H and O–H groups in total. The first kappa shape index (κ1) is 22.1. The number of hydrogen-bond donors (Lipinski definition) is 1. The van der Waals surface area contributed by atoms with Crippen molar-refractivity contribution in [3.63, 3.8) is 0 Å². The van der Waals surface area contributed by atoms with Crippen LogP contribution in [0.2, 0.25) is 0 Å². The van der Waals surface area contributed by atoms with Crippen molar-refractivity contribution < 1.29 is 9.00 Å². The Morgan fingerprint density at radius 2 is 1.91 bits per heavy atom. The Labute approximate surface area is 203 Å². The van der Waals surface area contributed by atoms with E-state index in [4.69, 9.17) is 5.10 Å². The van der Waals surface area contributed by atoms with Crippen LogP contribution in [0, 0.1) is 6.92 Å². The molecule has 34 heavy (non-hydrogen) atoms. The number of pyridine rings is 1. The Morgan fingerprint density at radius 1 is 1.09 bits per heavy atom. The molecule has 0 spiro atoms. The molecule has 3 heterocycles. The fourth-order valence-corrected chi connectivity index (χ4v) is 4.89. The normalized spacial score (nSPS) is 12.1. The topological polar surface area (TPSA) is 89.8 Å². The summed E-state index contributed by atoms with van der Waals surface area (Å²) < 4.78 is 14.4. The van der Waals surface area contributed by atoms with Gasteiger partial charge in [0.2, 0.25) is 5.91 Å². The molecule has 0 aliphatic rings. The number of aromatic nitrogens is 4. The summed E-state index contributed by atoms with van der Waals surface area (Å²) in [6.45, 7) is 1.93. The van der Waals surface area contributed by atoms with E-state index in [1.807, 2.05) is 48.8 Å². The molecule has 0 fully saturated rings. The highest BCUT2D eigenvalue weighted by molar-refractivity contribution is 7.84. The van der Waals surface area contributed by atoms with Crippen LogP contribution >= 0.6 is 11.3 Å². The molecule has 2 aromatic carbocycles. The van der Waals surface area contributed by atoms with Crippen LogP contribution in [0.25, 0.3) is 27.3 Å². The standard InChI is InChI=1S/C25H21N5O2S2/c1-16-4-3-5-24(27-16)30-22(17-6-11-21-23(12-17)33-15-26-21)13-19(29-30)14-25(31)28-18-7-9-20(10-8-18)34(2)32/h3-13,15H,14H2,1-2H3,(H,28,31). The number of carbonyl (C=O) groups excluding carboxylic acids is 1. The lowest BCUT2D eigenvalue weighted by atomic mass is 10.1. The Bertz CT molecular complexity index is 1520. The van der Waals surface area contributed by atoms with Crippen LogP contribution in [0.3, 0.4) is 0 Å². The minimum atomic E-state index is -1.06. The molecule has 1 amide bonds. The van der Waals surface area contributed by atoms with E-state index < -0.39 is 10.8 Å². The van der Waals surface area contributed by atoms with Crippen LogP contribution in [0.15, 0.2) is 77.1 Å². The number of fused-ring (bicyclic) bond motifs is 1. The van der Waals surface area contributed by atoms with Crippen molar-refractivity contribution in [1.29, 1.82) is 0 Å². The second-order valence-corrected chi connectivity index (χ2v) is 10.1. The van der Waals surface area contributed by atoms with Gasteiger partial charge in [0, 0.05) is 38.9 Å². The molecule has 1 atom stereocenters. The van der Waals surface area contributed by atoms with Crippen molar-refractivity contribution >= 4 is 43.9 Å². The number of carbonyl (C=O) groups is 1. The molecular formula is C25H21N5O2S2. The highest BCUT2D eigenvalue weighted by Crippen LogP contribution is 2.28. The summed E-state index contributed by atoms with van der Waals surface area (Å²) in [4.78, 5) is 22.4. The average Bonchev–Trinajstić information content (AvgIpc) is 3.46. The minimum Gasteiger partial charge on any atom is -0.326 e. The van der Waals surface area contributed by atoms with Crippen molar-refractivity contribution in [2.45, 2.75) is 18.2 Å². The molecule has 170 valence electrons. The highest BCUT2D eigenvalue weighted by Gasteiger charge is 2.16. The zero-order chi connectivity index (χ0) is 23.7. The molecule has 9 heteroatoms. The number of nitrogens with zero attached hydrogens (tertiary/aromatic N) is 4. The summed E-state index contributed by atoms with van der Waals surface area (Å²) in [5.74, 6) is 0.505. The maximum atomic E-state index is 12.7. The zero-order valence-corrected chi connectivity index (χ0v) is 20.2. The molecule has 0 radical (unpaired) electrons. The van der Waals surface area contributed by atoms with Gasteiger partial charge in [-0.3, -0.25) is 9.00 Å². The lowest BCUT2D eigenvalue weighted by molar-refractivity contribution is -0.115. The molecule has 5 rings (SSSR count). The van der Waals surface area contributed by atoms with E-state index in [2.05, 4.69) is 21.4 Å². The summed E-state index contributed by atoms with van der Waals surface area (Å²) >= 11 is 1.58. The van der Waals surface area contributed by atoms with Gasteiger partial charge in [-0.1, -0.05) is 12.1 Å². The second kappa shape index (κ2) is 9.28. The molecule has 3 aromatic heterocycles. The van der Waals surface area contributed by atoms with E-state index in [0.717, 1.165) is 27.2 Å². The largest absolute Gasteiger partial charge is 0.326 e. The van der Waals surface area contributed by atoms with Gasteiger partial charge in [-0.25, -0.2) is 14.6 Å². The predicted octanol–water partition coefficient (Wildman–Crippen LogP) is 4.77. The molecule has 5 aromatic rings. The maximum Gasteiger partial charge on any atom is 0.230 e. The molecule has 1 unspecified atom stereocenters. The maximum absolute atomic E-state index is 12.7. The minimum absolute atomic E-state index is 0.107. The van der Waals surface area contributed by atoms with Crippen molar-refractivity contribution in [2.24, 2.45) is 0 Å². The van der Waals surface area contributed by atoms with E-state index in [9.17, 15) is 9.00 Å². The number of thiazole rings is 1. The van der Waals surface area contributed by atoms with Crippen LogP contribution < -0.4 is 5.32 Å². The van der Waals surface area contributed by atoms with Crippen molar-refractivity contribution in [2.75, 3.05) is 11.6 Å². The Balaban J connectivity index is 1.46. The van der Waals surface area contributed by atoms with Gasteiger partial charge in [-0.2, -0.15) is 5.10 Å². The van der Waals surface area contributed by atoms with E-state index in [0.29, 0.717) is 22.1 Å². The molecule has 0 bridgehead atoms. The molecule has 7 nitrogen and oxygen atoms in total. The van der Waals surface area contributed by atoms with Gasteiger partial charge in [0.05, 0.1) is 33.5 Å². The molecule has 0 saturated heterocycles. The molecule has 0 aliphatic heterocycles. The van der Waals surface area contributed by atoms with Crippen LogP contribution in [0.1, 0.15) is 11.4 Å². The summed E-state index contributed by atoms with van der Waals surface area (Å²) in [6, 6.07) is 20.8. The van der Waals surface area contributed by atoms with Crippen LogP contribution in [0.5, 0.6) is 0 Å². The number of anilines is 1. The lowest BCUT2D eigenvalue weighted by Gasteiger charge is -2.07. The fraction of sp³-hybridized carbons (Fsp3) is 0.120. The monoisotopic (exact) mass is 487 g/mol. The Kier molecular flexibility index (Phi) is 6.04. The van der Waals surface area contributed by atoms with Gasteiger partial charge >= 0.3 is 0 Å². The van der Waals surface area contributed by atoms with Gasteiger partial charge in [-0.15, -0.1) is 11.3 Å². The number of amides is 1. The van der Waals surface area contributed by atoms with Crippen molar-refractivity contribution in [3.05, 3.63) is 83.6 Å². The average molecular weight is 488 g/mol. The molecule has 0 aliphatic carbocycles. The summed E-state index contributed by atoms with van der Waals surface area (Å²) in [5, 5.41) is 7.61. The second-order valence-electron chi connectivity index (χ2n) is 7.81. The third kappa shape index (κ3) is 4.66. The Morgan fingerprint density at radius 3 is 2.68 bits per heavy atom. The first-order valence-electron chi connectivity index (χ1n) is 10.6. The molecule has 0 saturated carbocycles. The lowest BCUT2D eigenvalue weighted by Crippen LogP contribution is -2.15. The quantitative estimate of drug-likeness (QED) is 0.373.